The molecule has 0 radical (unpaired) electrons. The third-order valence-corrected chi connectivity index (χ3v) is 1.00. The zero-order chi connectivity index (χ0) is 11.1. The van der Waals surface area contributed by atoms with Crippen LogP contribution in [0.2, 0.25) is 0 Å². The van der Waals surface area contributed by atoms with Gasteiger partial charge in [0.15, 0.2) is 0 Å². The van der Waals surface area contributed by atoms with Crippen LogP contribution < -0.4 is 0 Å². The van der Waals surface area contributed by atoms with E-state index in [4.69, 9.17) is 5.11 Å². The molecule has 0 aliphatic carbocycles. The third-order valence-electron chi connectivity index (χ3n) is 1.00. The summed E-state index contributed by atoms with van der Waals surface area (Å²) < 4.78 is 91.1. The lowest BCUT2D eigenvalue weighted by Crippen LogP contribution is -2.48. The fourth-order valence-electron chi connectivity index (χ4n) is 0.579. The fourth-order valence-corrected chi connectivity index (χ4v) is 0.579. The lowest BCUT2D eigenvalue weighted by Gasteiger charge is -2.25. The van der Waals surface area contributed by atoms with Gasteiger partial charge < -0.3 is 5.11 Å². The standard InChI is InChI=1S/C4H2F8O/c5-2(6,7)1(3(8,9)10)4(11,12)13/h1,13H. The van der Waals surface area contributed by atoms with Crippen LogP contribution >= 0.6 is 0 Å². The van der Waals surface area contributed by atoms with Crippen LogP contribution in [0.15, 0.2) is 0 Å². The summed E-state index contributed by atoms with van der Waals surface area (Å²) in [6.45, 7) is 0. The summed E-state index contributed by atoms with van der Waals surface area (Å²) in [6.07, 6.45) is -18.3. The van der Waals surface area contributed by atoms with Crippen LogP contribution in [0.4, 0.5) is 35.1 Å². The molecule has 0 saturated heterocycles. The number of aliphatic hydroxyl groups is 1. The summed E-state index contributed by atoms with van der Waals surface area (Å²) in [5.41, 5.74) is 0. The molecule has 80 valence electrons. The van der Waals surface area contributed by atoms with Crippen molar-refractivity contribution in [3.63, 3.8) is 0 Å². The summed E-state index contributed by atoms with van der Waals surface area (Å²) in [5.74, 6) is -5.05. The molecule has 1 nitrogen and oxygen atoms in total. The topological polar surface area (TPSA) is 20.2 Å². The monoisotopic (exact) mass is 218 g/mol. The van der Waals surface area contributed by atoms with Gasteiger partial charge in [0.1, 0.15) is 0 Å². The maximum absolute atomic E-state index is 11.5. The van der Waals surface area contributed by atoms with Crippen molar-refractivity contribution >= 4 is 0 Å². The van der Waals surface area contributed by atoms with Crippen molar-refractivity contribution in [2.24, 2.45) is 5.92 Å². The lowest BCUT2D eigenvalue weighted by molar-refractivity contribution is -0.387. The van der Waals surface area contributed by atoms with Gasteiger partial charge in [0, 0.05) is 0 Å². The molecule has 0 aromatic heterocycles. The maximum atomic E-state index is 11.5. The smallest absolute Gasteiger partial charge is 0.336 e. The molecule has 0 aliphatic rings. The molecule has 0 aliphatic heterocycles. The highest BCUT2D eigenvalue weighted by molar-refractivity contribution is 4.81. The number of alkyl halides is 8. The minimum atomic E-state index is -6.24. The highest BCUT2D eigenvalue weighted by Gasteiger charge is 2.68. The van der Waals surface area contributed by atoms with Gasteiger partial charge in [-0.1, -0.05) is 0 Å². The zero-order valence-electron chi connectivity index (χ0n) is 5.55. The fraction of sp³-hybridized carbons (Fsp3) is 1.00. The molecule has 9 heteroatoms. The Bertz CT molecular complexity index is 139. The summed E-state index contributed by atoms with van der Waals surface area (Å²) >= 11 is 0. The van der Waals surface area contributed by atoms with Crippen molar-refractivity contribution < 1.29 is 40.2 Å². The van der Waals surface area contributed by atoms with E-state index in [1.54, 1.807) is 0 Å². The van der Waals surface area contributed by atoms with E-state index in [-0.39, 0.29) is 0 Å². The second kappa shape index (κ2) is 2.96. The van der Waals surface area contributed by atoms with Gasteiger partial charge in [-0.25, -0.2) is 0 Å². The average Bonchev–Trinajstić information content (AvgIpc) is 1.44. The molecule has 0 aromatic rings. The highest BCUT2D eigenvalue weighted by Crippen LogP contribution is 2.46. The Kier molecular flexibility index (Phi) is 2.83. The molecule has 0 saturated carbocycles. The van der Waals surface area contributed by atoms with E-state index in [2.05, 4.69) is 0 Å². The van der Waals surface area contributed by atoms with Gasteiger partial charge in [-0.3, -0.25) is 0 Å². The SMILES string of the molecule is OC(F)(F)C(C(F)(F)F)C(F)(F)F. The van der Waals surface area contributed by atoms with Crippen LogP contribution in [0.25, 0.3) is 0 Å². The summed E-state index contributed by atoms with van der Waals surface area (Å²) in [7, 11) is 0. The molecular formula is C4H2F8O. The van der Waals surface area contributed by atoms with Crippen molar-refractivity contribution in [3.05, 3.63) is 0 Å². The van der Waals surface area contributed by atoms with Crippen LogP contribution in [-0.2, 0) is 0 Å². The Hall–Kier alpha value is -0.600. The summed E-state index contributed by atoms with van der Waals surface area (Å²) in [4.78, 5) is 0. The molecular weight excluding hydrogens is 216 g/mol. The molecule has 13 heavy (non-hydrogen) atoms. The van der Waals surface area contributed by atoms with Crippen LogP contribution in [0.1, 0.15) is 0 Å². The van der Waals surface area contributed by atoms with Gasteiger partial charge in [0.2, 0.25) is 5.92 Å². The van der Waals surface area contributed by atoms with Crippen molar-refractivity contribution in [1.82, 2.24) is 0 Å². The van der Waals surface area contributed by atoms with Crippen molar-refractivity contribution in [2.75, 3.05) is 0 Å². The van der Waals surface area contributed by atoms with E-state index in [1.165, 1.54) is 0 Å². The summed E-state index contributed by atoms with van der Waals surface area (Å²) in [5, 5.41) is 7.38. The lowest BCUT2D eigenvalue weighted by atomic mass is 10.1. The Morgan fingerprint density at radius 3 is 0.923 bits per heavy atom. The number of hydrogen-bond donors (Lipinski definition) is 1. The Labute approximate surface area is 66.0 Å². The molecule has 0 unspecified atom stereocenters. The van der Waals surface area contributed by atoms with Crippen molar-refractivity contribution in [1.29, 1.82) is 0 Å². The van der Waals surface area contributed by atoms with E-state index < -0.39 is 24.4 Å². The van der Waals surface area contributed by atoms with Gasteiger partial charge in [0.05, 0.1) is 0 Å². The zero-order valence-corrected chi connectivity index (χ0v) is 5.55. The first-order valence-corrected chi connectivity index (χ1v) is 2.60. The number of halogens is 8. The van der Waals surface area contributed by atoms with E-state index in [9.17, 15) is 35.1 Å². The molecule has 0 aromatic carbocycles. The van der Waals surface area contributed by atoms with Gasteiger partial charge in [-0.05, 0) is 0 Å². The molecule has 0 rings (SSSR count). The minimum Gasteiger partial charge on any atom is -0.336 e. The first kappa shape index (κ1) is 12.4. The normalized spacial score (nSPS) is 15.2. The first-order valence-electron chi connectivity index (χ1n) is 2.60. The van der Waals surface area contributed by atoms with E-state index >= 15 is 0 Å². The van der Waals surface area contributed by atoms with E-state index in [0.29, 0.717) is 0 Å². The van der Waals surface area contributed by atoms with E-state index in [0.717, 1.165) is 0 Å². The van der Waals surface area contributed by atoms with Crippen LogP contribution in [0.3, 0.4) is 0 Å². The predicted molar refractivity (Wildman–Crippen MR) is 22.8 cm³/mol. The van der Waals surface area contributed by atoms with E-state index in [1.807, 2.05) is 0 Å². The van der Waals surface area contributed by atoms with Crippen molar-refractivity contribution in [2.45, 2.75) is 18.5 Å². The number of hydrogen-bond acceptors (Lipinski definition) is 1. The average molecular weight is 218 g/mol. The van der Waals surface area contributed by atoms with Gasteiger partial charge in [-0.15, -0.1) is 0 Å². The molecule has 0 fully saturated rings. The van der Waals surface area contributed by atoms with Gasteiger partial charge in [0.25, 0.3) is 0 Å². The molecule has 0 bridgehead atoms. The molecule has 0 atom stereocenters. The Morgan fingerprint density at radius 1 is 0.692 bits per heavy atom. The Morgan fingerprint density at radius 2 is 0.923 bits per heavy atom. The Balaban J connectivity index is 5.02. The summed E-state index contributed by atoms with van der Waals surface area (Å²) in [6, 6.07) is 0. The van der Waals surface area contributed by atoms with Gasteiger partial charge in [-0.2, -0.15) is 35.1 Å². The molecule has 0 heterocycles. The highest BCUT2D eigenvalue weighted by atomic mass is 19.4. The van der Waals surface area contributed by atoms with Crippen molar-refractivity contribution in [3.8, 4) is 0 Å². The quantitative estimate of drug-likeness (QED) is 0.669. The largest absolute Gasteiger partial charge is 0.409 e. The van der Waals surface area contributed by atoms with Gasteiger partial charge >= 0.3 is 18.5 Å². The number of rotatable bonds is 1. The minimum absolute atomic E-state index is 5.05. The maximum Gasteiger partial charge on any atom is 0.409 e. The second-order valence-electron chi connectivity index (χ2n) is 2.10. The first-order chi connectivity index (χ1) is 5.37. The molecule has 0 amide bonds. The molecule has 1 N–H and O–H groups in total. The van der Waals surface area contributed by atoms with Crippen LogP contribution in [0, 0.1) is 5.92 Å². The second-order valence-corrected chi connectivity index (χ2v) is 2.10. The van der Waals surface area contributed by atoms with Crippen LogP contribution in [-0.4, -0.2) is 23.6 Å². The third kappa shape index (κ3) is 3.33. The van der Waals surface area contributed by atoms with Crippen LogP contribution in [0.5, 0.6) is 0 Å². The predicted octanol–water partition coefficient (Wildman–Crippen LogP) is 2.31. The molecule has 0 spiro atoms.